The number of hydrogen-bond donors (Lipinski definition) is 0. The number of hydrogen-bond acceptors (Lipinski definition) is 2. The van der Waals surface area contributed by atoms with Gasteiger partial charge in [0.25, 0.3) is 0 Å². The van der Waals surface area contributed by atoms with Crippen molar-refractivity contribution in [3.63, 3.8) is 0 Å². The van der Waals surface area contributed by atoms with Crippen LogP contribution in [0.3, 0.4) is 0 Å². The van der Waals surface area contributed by atoms with Crippen LogP contribution < -0.4 is 4.74 Å². The van der Waals surface area contributed by atoms with E-state index in [1.165, 1.54) is 0 Å². The third-order valence-electron chi connectivity index (χ3n) is 1.66. The Kier molecular flexibility index (Phi) is 3.31. The Balaban J connectivity index is 2.58. The molecule has 1 aromatic rings. The summed E-state index contributed by atoms with van der Waals surface area (Å²) in [5, 5.41) is 8.60. The van der Waals surface area contributed by atoms with Crippen molar-refractivity contribution < 1.29 is 4.74 Å². The molecule has 1 aromatic carbocycles. The maximum absolute atomic E-state index is 8.60. The van der Waals surface area contributed by atoms with E-state index < -0.39 is 8.07 Å². The summed E-state index contributed by atoms with van der Waals surface area (Å²) < 4.78 is 5.62. The minimum atomic E-state index is -1.15. The fourth-order valence-electron chi connectivity index (χ4n) is 0.926. The summed E-state index contributed by atoms with van der Waals surface area (Å²) in [7, 11) is -1.15. The minimum absolute atomic E-state index is 0.672. The smallest absolute Gasteiger partial charge is 0.118 e. The maximum atomic E-state index is 8.60. The molecule has 0 saturated heterocycles. The number of benzene rings is 1. The number of ether oxygens (including phenoxy) is 1. The highest BCUT2D eigenvalue weighted by Gasteiger charge is 2.13. The van der Waals surface area contributed by atoms with Crippen LogP contribution >= 0.6 is 0 Å². The molecular weight excluding hydrogens is 190 g/mol. The Labute approximate surface area is 86.1 Å². The summed E-state index contributed by atoms with van der Waals surface area (Å²) in [4.78, 5) is 0. The quantitative estimate of drug-likeness (QED) is 0.711. The molecule has 0 unspecified atom stereocenters. The van der Waals surface area contributed by atoms with Crippen molar-refractivity contribution in [2.75, 3.05) is 6.23 Å². The summed E-state index contributed by atoms with van der Waals surface area (Å²) in [5.41, 5.74) is 0.672. The van der Waals surface area contributed by atoms with Crippen LogP contribution in [0.5, 0.6) is 5.75 Å². The van der Waals surface area contributed by atoms with Crippen LogP contribution in [0.4, 0.5) is 0 Å². The number of nitriles is 1. The van der Waals surface area contributed by atoms with Crippen molar-refractivity contribution in [2.45, 2.75) is 19.6 Å². The van der Waals surface area contributed by atoms with Crippen LogP contribution in [0, 0.1) is 11.3 Å². The van der Waals surface area contributed by atoms with Gasteiger partial charge < -0.3 is 4.74 Å². The molecule has 0 spiro atoms. The van der Waals surface area contributed by atoms with Gasteiger partial charge in [0.2, 0.25) is 0 Å². The lowest BCUT2D eigenvalue weighted by Gasteiger charge is -2.16. The molecule has 0 aliphatic heterocycles. The molecule has 0 bridgehead atoms. The summed E-state index contributed by atoms with van der Waals surface area (Å²) >= 11 is 0. The lowest BCUT2D eigenvalue weighted by Crippen LogP contribution is -2.29. The van der Waals surface area contributed by atoms with Gasteiger partial charge in [-0.3, -0.25) is 0 Å². The van der Waals surface area contributed by atoms with Gasteiger partial charge in [-0.1, -0.05) is 19.6 Å². The number of rotatable bonds is 3. The molecule has 0 atom stereocenters. The summed E-state index contributed by atoms with van der Waals surface area (Å²) in [6, 6.07) is 9.33. The predicted octanol–water partition coefficient (Wildman–Crippen LogP) is 2.81. The molecule has 3 heteroatoms. The lowest BCUT2D eigenvalue weighted by molar-refractivity contribution is 0.378. The minimum Gasteiger partial charge on any atom is -0.497 e. The Morgan fingerprint density at radius 2 is 1.79 bits per heavy atom. The van der Waals surface area contributed by atoms with Crippen LogP contribution in [0.1, 0.15) is 5.56 Å². The van der Waals surface area contributed by atoms with Gasteiger partial charge in [-0.15, -0.1) is 0 Å². The van der Waals surface area contributed by atoms with E-state index in [2.05, 4.69) is 25.7 Å². The molecule has 1 rings (SSSR count). The van der Waals surface area contributed by atoms with E-state index in [9.17, 15) is 0 Å². The molecule has 74 valence electrons. The van der Waals surface area contributed by atoms with Gasteiger partial charge >= 0.3 is 0 Å². The molecule has 0 N–H and O–H groups in total. The molecule has 14 heavy (non-hydrogen) atoms. The highest BCUT2D eigenvalue weighted by atomic mass is 28.3. The lowest BCUT2D eigenvalue weighted by atomic mass is 10.2. The first kappa shape index (κ1) is 10.8. The molecule has 0 fully saturated rings. The van der Waals surface area contributed by atoms with Gasteiger partial charge in [0.1, 0.15) is 5.75 Å². The molecule has 2 nitrogen and oxygen atoms in total. The highest BCUT2D eigenvalue weighted by Crippen LogP contribution is 2.13. The molecule has 0 aliphatic rings. The normalized spacial score (nSPS) is 10.7. The Morgan fingerprint density at radius 3 is 2.21 bits per heavy atom. The van der Waals surface area contributed by atoms with Crippen molar-refractivity contribution in [3.05, 3.63) is 29.8 Å². The van der Waals surface area contributed by atoms with Crippen LogP contribution in [-0.4, -0.2) is 14.3 Å². The Bertz CT molecular complexity index is 332. The van der Waals surface area contributed by atoms with E-state index in [0.717, 1.165) is 12.0 Å². The average molecular weight is 205 g/mol. The first-order valence-corrected chi connectivity index (χ1v) is 8.35. The second-order valence-corrected chi connectivity index (χ2v) is 9.90. The van der Waals surface area contributed by atoms with Crippen molar-refractivity contribution in [2.24, 2.45) is 0 Å². The molecule has 0 amide bonds. The van der Waals surface area contributed by atoms with Gasteiger partial charge in [0, 0.05) is 0 Å². The highest BCUT2D eigenvalue weighted by molar-refractivity contribution is 6.76. The monoisotopic (exact) mass is 205 g/mol. The third-order valence-corrected chi connectivity index (χ3v) is 2.67. The molecule has 0 saturated carbocycles. The molecular formula is C11H15NOSi. The fourth-order valence-corrected chi connectivity index (χ4v) is 1.53. The van der Waals surface area contributed by atoms with Gasteiger partial charge in [-0.2, -0.15) is 5.26 Å². The summed E-state index contributed by atoms with van der Waals surface area (Å²) in [6.45, 7) is 6.78. The standard InChI is InChI=1S/C11H15NOSi/c1-14(2,3)9-13-11-6-4-10(8-12)5-7-11/h4-7H,9H2,1-3H3. The zero-order valence-electron chi connectivity index (χ0n) is 8.87. The van der Waals surface area contributed by atoms with E-state index in [0.29, 0.717) is 5.56 Å². The van der Waals surface area contributed by atoms with Crippen LogP contribution in [0.2, 0.25) is 19.6 Å². The zero-order chi connectivity index (χ0) is 10.6. The van der Waals surface area contributed by atoms with Crippen molar-refractivity contribution in [1.82, 2.24) is 0 Å². The Morgan fingerprint density at radius 1 is 1.21 bits per heavy atom. The van der Waals surface area contributed by atoms with Gasteiger partial charge in [0.05, 0.1) is 25.9 Å². The fraction of sp³-hybridized carbons (Fsp3) is 0.364. The van der Waals surface area contributed by atoms with Crippen molar-refractivity contribution >= 4 is 8.07 Å². The first-order valence-electron chi connectivity index (χ1n) is 4.64. The molecule has 0 radical (unpaired) electrons. The van der Waals surface area contributed by atoms with E-state index in [1.54, 1.807) is 12.1 Å². The average Bonchev–Trinajstić information content (AvgIpc) is 2.14. The summed E-state index contributed by atoms with van der Waals surface area (Å²) in [6.07, 6.45) is 0.818. The maximum Gasteiger partial charge on any atom is 0.118 e. The van der Waals surface area contributed by atoms with Crippen LogP contribution in [-0.2, 0) is 0 Å². The summed E-state index contributed by atoms with van der Waals surface area (Å²) in [5.74, 6) is 0.853. The predicted molar refractivity (Wildman–Crippen MR) is 60.0 cm³/mol. The largest absolute Gasteiger partial charge is 0.497 e. The molecule has 0 aliphatic carbocycles. The van der Waals surface area contributed by atoms with Crippen molar-refractivity contribution in [3.8, 4) is 11.8 Å². The van der Waals surface area contributed by atoms with Gasteiger partial charge in [-0.25, -0.2) is 0 Å². The van der Waals surface area contributed by atoms with Gasteiger partial charge in [0.15, 0.2) is 0 Å². The topological polar surface area (TPSA) is 33.0 Å². The van der Waals surface area contributed by atoms with E-state index >= 15 is 0 Å². The zero-order valence-corrected chi connectivity index (χ0v) is 9.87. The van der Waals surface area contributed by atoms with Crippen LogP contribution in [0.25, 0.3) is 0 Å². The molecule has 0 heterocycles. The Hall–Kier alpha value is -1.27. The molecule has 0 aromatic heterocycles. The number of nitrogens with zero attached hydrogens (tertiary/aromatic N) is 1. The van der Waals surface area contributed by atoms with E-state index in [4.69, 9.17) is 10.00 Å². The van der Waals surface area contributed by atoms with E-state index in [1.807, 2.05) is 12.1 Å². The van der Waals surface area contributed by atoms with Crippen molar-refractivity contribution in [1.29, 1.82) is 5.26 Å². The third kappa shape index (κ3) is 3.63. The van der Waals surface area contributed by atoms with E-state index in [-0.39, 0.29) is 0 Å². The van der Waals surface area contributed by atoms with Gasteiger partial charge in [-0.05, 0) is 24.3 Å². The van der Waals surface area contributed by atoms with Crippen LogP contribution in [0.15, 0.2) is 24.3 Å². The second kappa shape index (κ2) is 4.29. The SMILES string of the molecule is C[Si](C)(C)COc1ccc(C#N)cc1. The second-order valence-electron chi connectivity index (χ2n) is 4.49. The first-order chi connectivity index (χ1) is 6.51.